The van der Waals surface area contributed by atoms with Crippen LogP contribution < -0.4 is 5.32 Å². The van der Waals surface area contributed by atoms with Crippen LogP contribution in [0.3, 0.4) is 0 Å². The highest BCUT2D eigenvalue weighted by Gasteiger charge is 2.21. The van der Waals surface area contributed by atoms with E-state index in [9.17, 15) is 4.79 Å². The third kappa shape index (κ3) is 6.62. The minimum atomic E-state index is 0.109. The molecule has 2 aromatic carbocycles. The fraction of sp³-hybridized carbons (Fsp3) is 0.467. The first-order chi connectivity index (χ1) is 17.7. The number of rotatable bonds is 9. The Morgan fingerprint density at radius 3 is 2.72 bits per heavy atom. The Bertz CT molecular complexity index is 1180. The van der Waals surface area contributed by atoms with Crippen molar-refractivity contribution in [1.29, 1.82) is 0 Å². The molecule has 0 spiro atoms. The van der Waals surface area contributed by atoms with E-state index in [-0.39, 0.29) is 5.91 Å². The molecule has 1 amide bonds. The Labute approximate surface area is 224 Å². The first kappa shape index (κ1) is 25.6. The van der Waals surface area contributed by atoms with Crippen molar-refractivity contribution in [3.05, 3.63) is 70.4 Å². The van der Waals surface area contributed by atoms with Gasteiger partial charge < -0.3 is 10.2 Å². The lowest BCUT2D eigenvalue weighted by atomic mass is 9.90. The molecule has 1 aliphatic carbocycles. The smallest absolute Gasteiger partial charge is 0.230 e. The molecule has 1 fully saturated rings. The Kier molecular flexibility index (Phi) is 8.84. The van der Waals surface area contributed by atoms with Crippen molar-refractivity contribution in [3.8, 4) is 0 Å². The van der Waals surface area contributed by atoms with Crippen molar-refractivity contribution in [2.24, 2.45) is 5.92 Å². The summed E-state index contributed by atoms with van der Waals surface area (Å²) in [6, 6.07) is 16.8. The highest BCUT2D eigenvalue weighted by Crippen LogP contribution is 2.37. The van der Waals surface area contributed by atoms with Gasteiger partial charge in [-0.3, -0.25) is 9.78 Å². The summed E-state index contributed by atoms with van der Waals surface area (Å²) in [6.45, 7) is 4.14. The number of aryl methyl sites for hydroxylation is 1. The topological polar surface area (TPSA) is 45.2 Å². The van der Waals surface area contributed by atoms with Crippen molar-refractivity contribution in [3.63, 3.8) is 0 Å². The zero-order chi connectivity index (χ0) is 24.7. The van der Waals surface area contributed by atoms with E-state index in [1.807, 2.05) is 18.2 Å². The summed E-state index contributed by atoms with van der Waals surface area (Å²) in [5.41, 5.74) is 4.96. The number of halogens is 1. The monoisotopic (exact) mass is 521 g/mol. The second-order valence-corrected chi connectivity index (χ2v) is 11.6. The zero-order valence-electron chi connectivity index (χ0n) is 21.0. The molecule has 0 radical (unpaired) electrons. The Hall–Kier alpha value is -2.08. The van der Waals surface area contributed by atoms with E-state index in [4.69, 9.17) is 16.6 Å². The lowest BCUT2D eigenvalue weighted by Crippen LogP contribution is -2.36. The molecule has 2 heterocycles. The van der Waals surface area contributed by atoms with Crippen LogP contribution in [0.2, 0.25) is 5.02 Å². The SMILES string of the molecule is O=C(CSc1c2c(nc3ccc(Cl)cc13)CCCC2)NCCCN1CCC(Cc2ccccc2)CC1. The molecule has 2 aliphatic rings. The number of likely N-dealkylation sites (tertiary alicyclic amines) is 1. The maximum absolute atomic E-state index is 12.7. The highest BCUT2D eigenvalue weighted by atomic mass is 35.5. The lowest BCUT2D eigenvalue weighted by Gasteiger charge is -2.32. The predicted molar refractivity (Wildman–Crippen MR) is 151 cm³/mol. The number of pyridine rings is 1. The summed E-state index contributed by atoms with van der Waals surface area (Å²) in [5, 5.41) is 4.94. The van der Waals surface area contributed by atoms with Crippen LogP contribution in [0, 0.1) is 5.92 Å². The largest absolute Gasteiger partial charge is 0.355 e. The van der Waals surface area contributed by atoms with E-state index in [0.29, 0.717) is 5.75 Å². The van der Waals surface area contributed by atoms with Crippen molar-refractivity contribution < 1.29 is 4.79 Å². The molecule has 6 heteroatoms. The van der Waals surface area contributed by atoms with Crippen molar-refractivity contribution in [2.45, 2.75) is 56.3 Å². The summed E-state index contributed by atoms with van der Waals surface area (Å²) in [4.78, 5) is 21.3. The Balaban J connectivity index is 1.06. The Morgan fingerprint density at radius 2 is 1.89 bits per heavy atom. The molecule has 0 atom stereocenters. The van der Waals surface area contributed by atoms with Gasteiger partial charge >= 0.3 is 0 Å². The molecule has 1 saturated heterocycles. The zero-order valence-corrected chi connectivity index (χ0v) is 22.5. The van der Waals surface area contributed by atoms with Crippen molar-refractivity contribution in [1.82, 2.24) is 15.2 Å². The number of hydrogen-bond donors (Lipinski definition) is 1. The van der Waals surface area contributed by atoms with Crippen LogP contribution in [0.4, 0.5) is 0 Å². The molecular weight excluding hydrogens is 486 g/mol. The number of carbonyl (C=O) groups is 1. The van der Waals surface area contributed by atoms with Gasteiger partial charge in [0.25, 0.3) is 0 Å². The number of thioether (sulfide) groups is 1. The lowest BCUT2D eigenvalue weighted by molar-refractivity contribution is -0.118. The second-order valence-electron chi connectivity index (χ2n) is 10.2. The fourth-order valence-corrected chi connectivity index (χ4v) is 6.86. The standard InChI is InChI=1S/C30H36ClN3OS/c31-24-11-12-28-26(20-24)30(25-9-4-5-10-27(25)33-28)36-21-29(35)32-15-6-16-34-17-13-23(14-18-34)19-22-7-2-1-3-8-22/h1-3,7-8,11-12,20,23H,4-6,9-10,13-19,21H2,(H,32,35). The molecule has 36 heavy (non-hydrogen) atoms. The number of amides is 1. The molecule has 1 aromatic heterocycles. The van der Waals surface area contributed by atoms with Gasteiger partial charge in [0.15, 0.2) is 0 Å². The summed E-state index contributed by atoms with van der Waals surface area (Å²) < 4.78 is 0. The quantitative estimate of drug-likeness (QED) is 0.264. The molecule has 3 aromatic rings. The van der Waals surface area contributed by atoms with E-state index in [1.165, 1.54) is 66.9 Å². The summed E-state index contributed by atoms with van der Waals surface area (Å²) in [5.74, 6) is 1.34. The van der Waals surface area contributed by atoms with E-state index in [2.05, 4.69) is 40.5 Å². The number of nitrogens with one attached hydrogen (secondary N) is 1. The van der Waals surface area contributed by atoms with Gasteiger partial charge in [0.2, 0.25) is 5.91 Å². The first-order valence-electron chi connectivity index (χ1n) is 13.4. The number of hydrogen-bond acceptors (Lipinski definition) is 4. The van der Waals surface area contributed by atoms with Crippen LogP contribution in [0.15, 0.2) is 53.4 Å². The third-order valence-electron chi connectivity index (χ3n) is 7.57. The average molecular weight is 522 g/mol. The van der Waals surface area contributed by atoms with Crippen LogP contribution in [0.25, 0.3) is 10.9 Å². The van der Waals surface area contributed by atoms with Gasteiger partial charge in [0.1, 0.15) is 0 Å². The molecule has 5 rings (SSSR count). The molecule has 1 N–H and O–H groups in total. The highest BCUT2D eigenvalue weighted by molar-refractivity contribution is 8.00. The van der Waals surface area contributed by atoms with Crippen LogP contribution in [0.1, 0.15) is 48.9 Å². The van der Waals surface area contributed by atoms with Gasteiger partial charge in [-0.05, 0) is 106 Å². The van der Waals surface area contributed by atoms with Gasteiger partial charge in [-0.25, -0.2) is 0 Å². The fourth-order valence-electron chi connectivity index (χ4n) is 5.60. The summed E-state index contributed by atoms with van der Waals surface area (Å²) in [7, 11) is 0. The molecule has 190 valence electrons. The van der Waals surface area contributed by atoms with Crippen molar-refractivity contribution >= 4 is 40.2 Å². The number of fused-ring (bicyclic) bond motifs is 2. The van der Waals surface area contributed by atoms with E-state index < -0.39 is 0 Å². The minimum absolute atomic E-state index is 0.109. The number of aromatic nitrogens is 1. The Morgan fingerprint density at radius 1 is 1.08 bits per heavy atom. The maximum atomic E-state index is 12.7. The third-order valence-corrected chi connectivity index (χ3v) is 8.96. The minimum Gasteiger partial charge on any atom is -0.355 e. The van der Waals surface area contributed by atoms with Gasteiger partial charge in [0.05, 0.1) is 11.3 Å². The van der Waals surface area contributed by atoms with Gasteiger partial charge in [0, 0.05) is 27.5 Å². The molecule has 0 saturated carbocycles. The number of benzene rings is 2. The average Bonchev–Trinajstić information content (AvgIpc) is 2.91. The molecular formula is C30H36ClN3OS. The van der Waals surface area contributed by atoms with Crippen LogP contribution >= 0.6 is 23.4 Å². The first-order valence-corrected chi connectivity index (χ1v) is 14.8. The maximum Gasteiger partial charge on any atom is 0.230 e. The van der Waals surface area contributed by atoms with Gasteiger partial charge in [-0.2, -0.15) is 0 Å². The van der Waals surface area contributed by atoms with E-state index in [1.54, 1.807) is 11.8 Å². The predicted octanol–water partition coefficient (Wildman–Crippen LogP) is 6.32. The normalized spacial score (nSPS) is 16.7. The molecule has 0 bridgehead atoms. The van der Waals surface area contributed by atoms with Crippen LogP contribution in [-0.4, -0.2) is 47.7 Å². The van der Waals surface area contributed by atoms with Gasteiger partial charge in [-0.15, -0.1) is 11.8 Å². The van der Waals surface area contributed by atoms with Crippen molar-refractivity contribution in [2.75, 3.05) is 31.9 Å². The second kappa shape index (κ2) is 12.4. The van der Waals surface area contributed by atoms with E-state index >= 15 is 0 Å². The van der Waals surface area contributed by atoms with E-state index in [0.717, 1.165) is 54.2 Å². The number of piperidine rings is 1. The number of nitrogens with zero attached hydrogens (tertiary/aromatic N) is 2. The molecule has 4 nitrogen and oxygen atoms in total. The summed E-state index contributed by atoms with van der Waals surface area (Å²) >= 11 is 7.96. The molecule has 0 unspecified atom stereocenters. The van der Waals surface area contributed by atoms with Crippen LogP contribution in [-0.2, 0) is 24.1 Å². The summed E-state index contributed by atoms with van der Waals surface area (Å²) in [6.07, 6.45) is 9.18. The molecule has 1 aliphatic heterocycles. The number of carbonyl (C=O) groups excluding carboxylic acids is 1. The van der Waals surface area contributed by atoms with Crippen LogP contribution in [0.5, 0.6) is 0 Å². The van der Waals surface area contributed by atoms with Gasteiger partial charge in [-0.1, -0.05) is 41.9 Å².